The van der Waals surface area contributed by atoms with Gasteiger partial charge < -0.3 is 9.88 Å². The topological polar surface area (TPSA) is 68.2 Å². The van der Waals surface area contributed by atoms with Crippen LogP contribution in [0, 0.1) is 0 Å². The maximum absolute atomic E-state index is 11.8. The second-order valence-electron chi connectivity index (χ2n) is 4.68. The van der Waals surface area contributed by atoms with E-state index in [9.17, 15) is 14.4 Å². The Balaban J connectivity index is 1.89. The third-order valence-corrected chi connectivity index (χ3v) is 3.14. The number of anilines is 1. The highest BCUT2D eigenvalue weighted by Crippen LogP contribution is 2.10. The first kappa shape index (κ1) is 14.7. The Labute approximate surface area is 122 Å². The quantitative estimate of drug-likeness (QED) is 0.654. The monoisotopic (exact) mass is 284 g/mol. The summed E-state index contributed by atoms with van der Waals surface area (Å²) in [5.74, 6) is -0.155. The first-order chi connectivity index (χ1) is 10.1. The van der Waals surface area contributed by atoms with Crippen molar-refractivity contribution in [2.45, 2.75) is 19.9 Å². The standard InChI is InChI=1S/C16H16N2O3/c1-12(20)13-4-6-14(7-5-13)17-16(21)8-10-18-9-2-3-15(18)11-19/h2-7,9,11H,8,10H2,1H3,(H,17,21). The third-order valence-electron chi connectivity index (χ3n) is 3.14. The molecule has 108 valence electrons. The Kier molecular flexibility index (Phi) is 4.66. The molecule has 1 aromatic carbocycles. The second kappa shape index (κ2) is 6.65. The summed E-state index contributed by atoms with van der Waals surface area (Å²) in [6.45, 7) is 1.94. The summed E-state index contributed by atoms with van der Waals surface area (Å²) in [6, 6.07) is 10.2. The highest BCUT2D eigenvalue weighted by molar-refractivity contribution is 5.95. The fraction of sp³-hybridized carbons (Fsp3) is 0.188. The average Bonchev–Trinajstić information content (AvgIpc) is 2.93. The Bertz CT molecular complexity index is 656. The van der Waals surface area contributed by atoms with Gasteiger partial charge in [0.2, 0.25) is 5.91 Å². The fourth-order valence-corrected chi connectivity index (χ4v) is 1.97. The smallest absolute Gasteiger partial charge is 0.226 e. The molecule has 2 rings (SSSR count). The number of carbonyl (C=O) groups is 3. The minimum Gasteiger partial charge on any atom is -0.345 e. The zero-order valence-corrected chi connectivity index (χ0v) is 11.7. The van der Waals surface area contributed by atoms with Crippen LogP contribution in [0.5, 0.6) is 0 Å². The summed E-state index contributed by atoms with van der Waals surface area (Å²) in [5.41, 5.74) is 1.80. The molecule has 0 bridgehead atoms. The summed E-state index contributed by atoms with van der Waals surface area (Å²) >= 11 is 0. The molecule has 0 saturated heterocycles. The molecular formula is C16H16N2O3. The van der Waals surface area contributed by atoms with Gasteiger partial charge in [0.1, 0.15) is 0 Å². The van der Waals surface area contributed by atoms with Gasteiger partial charge in [-0.05, 0) is 43.3 Å². The van der Waals surface area contributed by atoms with Gasteiger partial charge in [-0.2, -0.15) is 0 Å². The molecule has 1 amide bonds. The minimum absolute atomic E-state index is 0.0122. The van der Waals surface area contributed by atoms with Crippen LogP contribution in [0.2, 0.25) is 0 Å². The molecule has 1 N–H and O–H groups in total. The van der Waals surface area contributed by atoms with Gasteiger partial charge in [0.15, 0.2) is 12.1 Å². The largest absolute Gasteiger partial charge is 0.345 e. The third kappa shape index (κ3) is 3.89. The van der Waals surface area contributed by atoms with Crippen molar-refractivity contribution in [3.63, 3.8) is 0 Å². The Hall–Kier alpha value is -2.69. The molecule has 0 fully saturated rings. The Morgan fingerprint density at radius 3 is 2.52 bits per heavy atom. The van der Waals surface area contributed by atoms with Crippen molar-refractivity contribution >= 4 is 23.7 Å². The molecule has 1 heterocycles. The number of rotatable bonds is 6. The van der Waals surface area contributed by atoms with Crippen molar-refractivity contribution in [3.8, 4) is 0 Å². The predicted octanol–water partition coefficient (Wildman–Crippen LogP) is 2.53. The van der Waals surface area contributed by atoms with E-state index in [1.165, 1.54) is 6.92 Å². The summed E-state index contributed by atoms with van der Waals surface area (Å²) < 4.78 is 1.73. The molecule has 0 atom stereocenters. The molecule has 0 aliphatic heterocycles. The number of nitrogens with one attached hydrogen (secondary N) is 1. The van der Waals surface area contributed by atoms with Gasteiger partial charge in [-0.25, -0.2) is 0 Å². The lowest BCUT2D eigenvalue weighted by Crippen LogP contribution is -2.15. The molecule has 0 unspecified atom stereocenters. The zero-order chi connectivity index (χ0) is 15.2. The lowest BCUT2D eigenvalue weighted by Gasteiger charge is -2.07. The SMILES string of the molecule is CC(=O)c1ccc(NC(=O)CCn2cccc2C=O)cc1. The van der Waals surface area contributed by atoms with E-state index in [-0.39, 0.29) is 18.1 Å². The van der Waals surface area contributed by atoms with Gasteiger partial charge >= 0.3 is 0 Å². The maximum Gasteiger partial charge on any atom is 0.226 e. The van der Waals surface area contributed by atoms with Gasteiger partial charge in [-0.3, -0.25) is 14.4 Å². The van der Waals surface area contributed by atoms with E-state index in [0.717, 1.165) is 6.29 Å². The molecule has 0 radical (unpaired) electrons. The van der Waals surface area contributed by atoms with E-state index in [2.05, 4.69) is 5.32 Å². The number of amides is 1. The van der Waals surface area contributed by atoms with E-state index in [0.29, 0.717) is 23.5 Å². The molecule has 5 heteroatoms. The van der Waals surface area contributed by atoms with Gasteiger partial charge in [-0.1, -0.05) is 0 Å². The van der Waals surface area contributed by atoms with Crippen molar-refractivity contribution < 1.29 is 14.4 Å². The molecule has 2 aromatic rings. The normalized spacial score (nSPS) is 10.1. The second-order valence-corrected chi connectivity index (χ2v) is 4.68. The van der Waals surface area contributed by atoms with E-state index in [1.54, 1.807) is 47.2 Å². The number of carbonyl (C=O) groups excluding carboxylic acids is 3. The summed E-state index contributed by atoms with van der Waals surface area (Å²) in [6.07, 6.45) is 2.79. The lowest BCUT2D eigenvalue weighted by atomic mass is 10.1. The highest BCUT2D eigenvalue weighted by Gasteiger charge is 2.06. The summed E-state index contributed by atoms with van der Waals surface area (Å²) in [5, 5.41) is 2.76. The van der Waals surface area contributed by atoms with Crippen molar-refractivity contribution in [3.05, 3.63) is 53.9 Å². The average molecular weight is 284 g/mol. The van der Waals surface area contributed by atoms with Crippen LogP contribution in [0.4, 0.5) is 5.69 Å². The molecule has 0 saturated carbocycles. The van der Waals surface area contributed by atoms with Crippen molar-refractivity contribution in [2.75, 3.05) is 5.32 Å². The van der Waals surface area contributed by atoms with Gasteiger partial charge in [-0.15, -0.1) is 0 Å². The van der Waals surface area contributed by atoms with Crippen LogP contribution >= 0.6 is 0 Å². The van der Waals surface area contributed by atoms with Gasteiger partial charge in [0, 0.05) is 30.4 Å². The van der Waals surface area contributed by atoms with Crippen LogP contribution in [-0.2, 0) is 11.3 Å². The van der Waals surface area contributed by atoms with Crippen LogP contribution in [0.3, 0.4) is 0 Å². The zero-order valence-electron chi connectivity index (χ0n) is 11.7. The van der Waals surface area contributed by atoms with E-state index < -0.39 is 0 Å². The molecular weight excluding hydrogens is 268 g/mol. The van der Waals surface area contributed by atoms with Gasteiger partial charge in [0.25, 0.3) is 0 Å². The highest BCUT2D eigenvalue weighted by atomic mass is 16.1. The predicted molar refractivity (Wildman–Crippen MR) is 79.5 cm³/mol. The van der Waals surface area contributed by atoms with Crippen LogP contribution in [0.1, 0.15) is 34.2 Å². The Morgan fingerprint density at radius 2 is 1.90 bits per heavy atom. The van der Waals surface area contributed by atoms with Crippen molar-refractivity contribution in [1.29, 1.82) is 0 Å². The first-order valence-corrected chi connectivity index (χ1v) is 6.61. The number of ketones is 1. The number of aromatic nitrogens is 1. The van der Waals surface area contributed by atoms with Crippen LogP contribution in [0.25, 0.3) is 0 Å². The van der Waals surface area contributed by atoms with Crippen LogP contribution in [-0.4, -0.2) is 22.5 Å². The summed E-state index contributed by atoms with van der Waals surface area (Å²) in [4.78, 5) is 33.8. The van der Waals surface area contributed by atoms with Gasteiger partial charge in [0.05, 0.1) is 5.69 Å². The number of Topliss-reactive ketones (excluding diaryl/α,β-unsaturated/α-hetero) is 1. The summed E-state index contributed by atoms with van der Waals surface area (Å²) in [7, 11) is 0. The number of aldehydes is 1. The number of hydrogen-bond acceptors (Lipinski definition) is 3. The van der Waals surface area contributed by atoms with E-state index in [4.69, 9.17) is 0 Å². The number of hydrogen-bond donors (Lipinski definition) is 1. The molecule has 1 aromatic heterocycles. The molecule has 21 heavy (non-hydrogen) atoms. The minimum atomic E-state index is -0.142. The first-order valence-electron chi connectivity index (χ1n) is 6.61. The van der Waals surface area contributed by atoms with E-state index in [1.807, 2.05) is 0 Å². The fourth-order valence-electron chi connectivity index (χ4n) is 1.97. The van der Waals surface area contributed by atoms with Crippen LogP contribution in [0.15, 0.2) is 42.6 Å². The number of benzene rings is 1. The Morgan fingerprint density at radius 1 is 1.19 bits per heavy atom. The van der Waals surface area contributed by atoms with Crippen LogP contribution < -0.4 is 5.32 Å². The molecule has 0 aliphatic carbocycles. The number of aryl methyl sites for hydroxylation is 1. The number of nitrogens with zero attached hydrogens (tertiary/aromatic N) is 1. The molecule has 0 aliphatic rings. The maximum atomic E-state index is 11.8. The van der Waals surface area contributed by atoms with Crippen molar-refractivity contribution in [2.24, 2.45) is 0 Å². The molecule has 0 spiro atoms. The van der Waals surface area contributed by atoms with E-state index >= 15 is 0 Å². The lowest BCUT2D eigenvalue weighted by molar-refractivity contribution is -0.116. The molecule has 5 nitrogen and oxygen atoms in total. The van der Waals surface area contributed by atoms with Crippen molar-refractivity contribution in [1.82, 2.24) is 4.57 Å².